The van der Waals surface area contributed by atoms with Crippen LogP contribution in [0.2, 0.25) is 0 Å². The van der Waals surface area contributed by atoms with E-state index in [1.807, 2.05) is 19.1 Å². The molecule has 4 nitrogen and oxygen atoms in total. The van der Waals surface area contributed by atoms with Gasteiger partial charge in [-0.05, 0) is 37.1 Å². The Labute approximate surface area is 102 Å². The minimum absolute atomic E-state index is 0.0435. The predicted octanol–water partition coefficient (Wildman–Crippen LogP) is 0.489. The van der Waals surface area contributed by atoms with E-state index in [2.05, 4.69) is 11.4 Å². The maximum absolute atomic E-state index is 8.90. The fourth-order valence-electron chi connectivity index (χ4n) is 1.70. The number of aryl methyl sites for hydroxylation is 1. The summed E-state index contributed by atoms with van der Waals surface area (Å²) in [6, 6.07) is 5.85. The molecule has 0 saturated carbocycles. The van der Waals surface area contributed by atoms with Crippen LogP contribution in [0.15, 0.2) is 18.2 Å². The molecule has 0 heterocycles. The van der Waals surface area contributed by atoms with Crippen molar-refractivity contribution in [3.63, 3.8) is 0 Å². The van der Waals surface area contributed by atoms with Crippen LogP contribution >= 0.6 is 0 Å². The fourth-order valence-corrected chi connectivity index (χ4v) is 1.70. The number of aliphatic hydroxyl groups excluding tert-OH is 2. The molecule has 0 amide bonds. The topological polar surface area (TPSA) is 61.7 Å². The molecule has 1 aromatic rings. The molecule has 0 saturated heterocycles. The van der Waals surface area contributed by atoms with Gasteiger partial charge in [0.15, 0.2) is 0 Å². The third-order valence-electron chi connectivity index (χ3n) is 2.75. The van der Waals surface area contributed by atoms with Gasteiger partial charge in [-0.3, -0.25) is 0 Å². The molecule has 0 radical (unpaired) electrons. The molecule has 0 aromatic heterocycles. The van der Waals surface area contributed by atoms with E-state index in [9.17, 15) is 0 Å². The zero-order valence-corrected chi connectivity index (χ0v) is 10.4. The summed E-state index contributed by atoms with van der Waals surface area (Å²) < 4.78 is 5.20. The number of hydrogen-bond donors (Lipinski definition) is 3. The second-order valence-corrected chi connectivity index (χ2v) is 4.07. The standard InChI is InChI=1S/C13H21NO3/c1-10-7-11(3-4-13(10)17-2)5-6-14-12(8-15)9-16/h3-4,7,12,14-16H,5-6,8-9H2,1-2H3. The molecule has 0 atom stereocenters. The second kappa shape index (κ2) is 7.27. The molecule has 17 heavy (non-hydrogen) atoms. The Bertz CT molecular complexity index is 337. The van der Waals surface area contributed by atoms with Crippen molar-refractivity contribution in [2.75, 3.05) is 26.9 Å². The molecule has 3 N–H and O–H groups in total. The van der Waals surface area contributed by atoms with Crippen molar-refractivity contribution in [1.29, 1.82) is 0 Å². The smallest absolute Gasteiger partial charge is 0.121 e. The first kappa shape index (κ1) is 14.0. The maximum atomic E-state index is 8.90. The van der Waals surface area contributed by atoms with Crippen LogP contribution in [0.5, 0.6) is 5.75 Å². The molecule has 4 heteroatoms. The van der Waals surface area contributed by atoms with Crippen molar-refractivity contribution in [3.05, 3.63) is 29.3 Å². The lowest BCUT2D eigenvalue weighted by molar-refractivity contribution is 0.171. The Kier molecular flexibility index (Phi) is 5.97. The molecular weight excluding hydrogens is 218 g/mol. The maximum Gasteiger partial charge on any atom is 0.121 e. The summed E-state index contributed by atoms with van der Waals surface area (Å²) >= 11 is 0. The van der Waals surface area contributed by atoms with Crippen LogP contribution < -0.4 is 10.1 Å². The van der Waals surface area contributed by atoms with Crippen molar-refractivity contribution >= 4 is 0 Å². The fraction of sp³-hybridized carbons (Fsp3) is 0.538. The van der Waals surface area contributed by atoms with Crippen LogP contribution in [0, 0.1) is 6.92 Å². The number of methoxy groups -OCH3 is 1. The zero-order valence-electron chi connectivity index (χ0n) is 10.4. The van der Waals surface area contributed by atoms with Gasteiger partial charge in [-0.15, -0.1) is 0 Å². The molecule has 1 rings (SSSR count). The minimum Gasteiger partial charge on any atom is -0.496 e. The first-order chi connectivity index (χ1) is 8.21. The molecular formula is C13H21NO3. The molecule has 0 aliphatic rings. The highest BCUT2D eigenvalue weighted by Crippen LogP contribution is 2.18. The summed E-state index contributed by atoms with van der Waals surface area (Å²) in [5.41, 5.74) is 2.33. The summed E-state index contributed by atoms with van der Waals surface area (Å²) in [5, 5.41) is 20.9. The first-order valence-electron chi connectivity index (χ1n) is 5.80. The molecule has 0 aliphatic heterocycles. The van der Waals surface area contributed by atoms with Crippen LogP contribution in [0.3, 0.4) is 0 Å². The monoisotopic (exact) mass is 239 g/mol. The van der Waals surface area contributed by atoms with Crippen LogP contribution in [-0.4, -0.2) is 43.1 Å². The molecule has 0 spiro atoms. The zero-order chi connectivity index (χ0) is 12.7. The second-order valence-electron chi connectivity index (χ2n) is 4.07. The lowest BCUT2D eigenvalue weighted by Crippen LogP contribution is -2.36. The normalized spacial score (nSPS) is 10.9. The van der Waals surface area contributed by atoms with Crippen molar-refractivity contribution < 1.29 is 14.9 Å². The van der Waals surface area contributed by atoms with Crippen molar-refractivity contribution in [2.24, 2.45) is 0 Å². The molecule has 0 aliphatic carbocycles. The average molecular weight is 239 g/mol. The summed E-state index contributed by atoms with van der Waals surface area (Å²) in [6.45, 7) is 2.66. The van der Waals surface area contributed by atoms with Crippen LogP contribution in [0.1, 0.15) is 11.1 Å². The van der Waals surface area contributed by atoms with Gasteiger partial charge in [0.05, 0.1) is 26.4 Å². The van der Waals surface area contributed by atoms with E-state index in [4.69, 9.17) is 14.9 Å². The van der Waals surface area contributed by atoms with E-state index in [0.717, 1.165) is 24.3 Å². The largest absolute Gasteiger partial charge is 0.496 e. The molecule has 96 valence electrons. The van der Waals surface area contributed by atoms with Gasteiger partial charge in [-0.25, -0.2) is 0 Å². The number of aliphatic hydroxyl groups is 2. The van der Waals surface area contributed by atoms with Gasteiger partial charge in [0.2, 0.25) is 0 Å². The Morgan fingerprint density at radius 1 is 1.29 bits per heavy atom. The highest BCUT2D eigenvalue weighted by molar-refractivity contribution is 5.36. The predicted molar refractivity (Wildman–Crippen MR) is 67.4 cm³/mol. The lowest BCUT2D eigenvalue weighted by Gasteiger charge is -2.13. The third-order valence-corrected chi connectivity index (χ3v) is 2.75. The van der Waals surface area contributed by atoms with Crippen LogP contribution in [0.25, 0.3) is 0 Å². The van der Waals surface area contributed by atoms with Crippen molar-refractivity contribution in [2.45, 2.75) is 19.4 Å². The van der Waals surface area contributed by atoms with Crippen molar-refractivity contribution in [3.8, 4) is 5.75 Å². The van der Waals surface area contributed by atoms with Gasteiger partial charge in [0.25, 0.3) is 0 Å². The summed E-state index contributed by atoms with van der Waals surface area (Å²) in [6.07, 6.45) is 0.862. The van der Waals surface area contributed by atoms with E-state index in [1.54, 1.807) is 7.11 Å². The van der Waals surface area contributed by atoms with Gasteiger partial charge in [-0.2, -0.15) is 0 Å². The van der Waals surface area contributed by atoms with E-state index >= 15 is 0 Å². The van der Waals surface area contributed by atoms with Gasteiger partial charge < -0.3 is 20.3 Å². The Morgan fingerprint density at radius 2 is 2.00 bits per heavy atom. The van der Waals surface area contributed by atoms with Gasteiger partial charge in [0, 0.05) is 0 Å². The highest BCUT2D eigenvalue weighted by Gasteiger charge is 2.04. The van der Waals surface area contributed by atoms with E-state index in [-0.39, 0.29) is 19.3 Å². The SMILES string of the molecule is COc1ccc(CCNC(CO)CO)cc1C. The highest BCUT2D eigenvalue weighted by atomic mass is 16.5. The number of benzene rings is 1. The molecule has 0 unspecified atom stereocenters. The molecule has 1 aromatic carbocycles. The first-order valence-corrected chi connectivity index (χ1v) is 5.80. The van der Waals surface area contributed by atoms with Crippen LogP contribution in [0.4, 0.5) is 0 Å². The minimum atomic E-state index is -0.227. The van der Waals surface area contributed by atoms with Crippen molar-refractivity contribution in [1.82, 2.24) is 5.32 Å². The number of hydrogen-bond acceptors (Lipinski definition) is 4. The van der Waals surface area contributed by atoms with Gasteiger partial charge in [0.1, 0.15) is 5.75 Å². The molecule has 0 bridgehead atoms. The third kappa shape index (κ3) is 4.34. The molecule has 0 fully saturated rings. The Hall–Kier alpha value is -1.10. The number of ether oxygens (including phenoxy) is 1. The number of rotatable bonds is 7. The summed E-state index contributed by atoms with van der Waals surface area (Å²) in [5.74, 6) is 0.894. The Balaban J connectivity index is 2.44. The Morgan fingerprint density at radius 3 is 2.53 bits per heavy atom. The van der Waals surface area contributed by atoms with E-state index in [1.165, 1.54) is 5.56 Å². The quantitative estimate of drug-likeness (QED) is 0.648. The summed E-state index contributed by atoms with van der Waals surface area (Å²) in [4.78, 5) is 0. The lowest BCUT2D eigenvalue weighted by atomic mass is 10.1. The van der Waals surface area contributed by atoms with Crippen LogP contribution in [-0.2, 0) is 6.42 Å². The summed E-state index contributed by atoms with van der Waals surface area (Å²) in [7, 11) is 1.66. The number of nitrogens with one attached hydrogen (secondary N) is 1. The van der Waals surface area contributed by atoms with E-state index < -0.39 is 0 Å². The van der Waals surface area contributed by atoms with Gasteiger partial charge >= 0.3 is 0 Å². The van der Waals surface area contributed by atoms with E-state index in [0.29, 0.717) is 0 Å². The average Bonchev–Trinajstić information content (AvgIpc) is 2.35. The van der Waals surface area contributed by atoms with Gasteiger partial charge in [-0.1, -0.05) is 12.1 Å².